The molecular formula is C11H8F7NO2. The van der Waals surface area contributed by atoms with Crippen LogP contribution in [-0.4, -0.2) is 29.7 Å². The molecule has 1 aromatic rings. The van der Waals surface area contributed by atoms with E-state index in [4.69, 9.17) is 0 Å². The minimum atomic E-state index is -6.45. The van der Waals surface area contributed by atoms with Crippen molar-refractivity contribution in [3.8, 4) is 0 Å². The number of pyridine rings is 1. The third-order valence-corrected chi connectivity index (χ3v) is 2.35. The number of rotatable bonds is 4. The van der Waals surface area contributed by atoms with Gasteiger partial charge in [-0.2, -0.15) is 30.7 Å². The van der Waals surface area contributed by atoms with Crippen molar-refractivity contribution in [2.45, 2.75) is 24.9 Å². The molecule has 0 amide bonds. The van der Waals surface area contributed by atoms with Crippen molar-refractivity contribution in [2.24, 2.45) is 0 Å². The highest BCUT2D eigenvalue weighted by Gasteiger charge is 2.74. The number of halogens is 7. The minimum absolute atomic E-state index is 0.0388. The van der Waals surface area contributed by atoms with E-state index in [1.165, 1.54) is 6.92 Å². The van der Waals surface area contributed by atoms with Gasteiger partial charge in [-0.05, 0) is 19.1 Å². The van der Waals surface area contributed by atoms with Gasteiger partial charge in [0.05, 0.1) is 12.2 Å². The average Bonchev–Trinajstić information content (AvgIpc) is 2.37. The fourth-order valence-corrected chi connectivity index (χ4v) is 1.25. The third-order valence-electron chi connectivity index (χ3n) is 2.35. The molecule has 118 valence electrons. The summed E-state index contributed by atoms with van der Waals surface area (Å²) in [6.45, 7) is 1.42. The van der Waals surface area contributed by atoms with Gasteiger partial charge in [0.25, 0.3) is 0 Å². The molecule has 10 heteroatoms. The van der Waals surface area contributed by atoms with Crippen molar-refractivity contribution in [1.82, 2.24) is 4.98 Å². The maximum absolute atomic E-state index is 13.3. The second kappa shape index (κ2) is 5.49. The molecule has 0 aliphatic heterocycles. The van der Waals surface area contributed by atoms with Crippen LogP contribution in [0.3, 0.4) is 0 Å². The number of alkyl halides is 7. The highest BCUT2D eigenvalue weighted by molar-refractivity contribution is 5.88. The average molecular weight is 319 g/mol. The van der Waals surface area contributed by atoms with Gasteiger partial charge in [-0.15, -0.1) is 0 Å². The summed E-state index contributed by atoms with van der Waals surface area (Å²) in [5, 5.41) is 0. The third kappa shape index (κ3) is 3.08. The monoisotopic (exact) mass is 319 g/mol. The lowest BCUT2D eigenvalue weighted by Crippen LogP contribution is -2.50. The number of esters is 1. The van der Waals surface area contributed by atoms with Gasteiger partial charge in [0, 0.05) is 6.20 Å². The molecule has 0 fully saturated rings. The van der Waals surface area contributed by atoms with E-state index < -0.39 is 29.7 Å². The molecule has 1 heterocycles. The Bertz CT molecular complexity index is 510. The van der Waals surface area contributed by atoms with Crippen LogP contribution in [0.4, 0.5) is 30.7 Å². The smallest absolute Gasteiger partial charge is 0.460 e. The van der Waals surface area contributed by atoms with Crippen LogP contribution in [0.2, 0.25) is 0 Å². The topological polar surface area (TPSA) is 39.2 Å². The van der Waals surface area contributed by atoms with Crippen molar-refractivity contribution < 1.29 is 40.3 Å². The Labute approximate surface area is 113 Å². The van der Waals surface area contributed by atoms with E-state index in [1.54, 1.807) is 0 Å². The summed E-state index contributed by atoms with van der Waals surface area (Å²) >= 11 is 0. The van der Waals surface area contributed by atoms with Gasteiger partial charge >= 0.3 is 24.0 Å². The normalized spacial score (nSPS) is 13.1. The van der Waals surface area contributed by atoms with Gasteiger partial charge < -0.3 is 4.74 Å². The Hall–Kier alpha value is -1.87. The van der Waals surface area contributed by atoms with E-state index in [0.717, 1.165) is 0 Å². The summed E-state index contributed by atoms with van der Waals surface area (Å²) in [4.78, 5) is 14.0. The molecular weight excluding hydrogens is 311 g/mol. The van der Waals surface area contributed by atoms with E-state index in [1.807, 2.05) is 0 Å². The van der Waals surface area contributed by atoms with Crippen LogP contribution in [0, 0.1) is 0 Å². The summed E-state index contributed by atoms with van der Waals surface area (Å²) in [6, 6.07) is 0.840. The fourth-order valence-electron chi connectivity index (χ4n) is 1.25. The first-order valence-corrected chi connectivity index (χ1v) is 5.41. The quantitative estimate of drug-likeness (QED) is 0.629. The lowest BCUT2D eigenvalue weighted by atomic mass is 10.1. The second-order valence-electron chi connectivity index (χ2n) is 3.80. The molecule has 3 nitrogen and oxygen atoms in total. The van der Waals surface area contributed by atoms with E-state index in [9.17, 15) is 35.5 Å². The number of nitrogens with zero attached hydrogens (tertiary/aromatic N) is 1. The number of carbonyl (C=O) groups is 1. The molecule has 0 atom stereocenters. The van der Waals surface area contributed by atoms with Crippen LogP contribution in [0.25, 0.3) is 0 Å². The molecule has 0 bridgehead atoms. The van der Waals surface area contributed by atoms with Gasteiger partial charge in [-0.1, -0.05) is 0 Å². The first kappa shape index (κ1) is 17.2. The number of hydrogen-bond donors (Lipinski definition) is 0. The highest BCUT2D eigenvalue weighted by Crippen LogP contribution is 2.51. The Morgan fingerprint density at radius 3 is 2.10 bits per heavy atom. The number of hydrogen-bond acceptors (Lipinski definition) is 3. The SMILES string of the molecule is CCOC(=O)c1ccc(C(F)(F)C(F)(F)C(F)(F)F)nc1. The zero-order valence-corrected chi connectivity index (χ0v) is 10.3. The van der Waals surface area contributed by atoms with E-state index in [-0.39, 0.29) is 18.2 Å². The summed E-state index contributed by atoms with van der Waals surface area (Å²) in [5.41, 5.74) is -2.16. The lowest BCUT2D eigenvalue weighted by molar-refractivity contribution is -0.360. The zero-order chi connectivity index (χ0) is 16.5. The van der Waals surface area contributed by atoms with Crippen LogP contribution in [0.5, 0.6) is 0 Å². The maximum Gasteiger partial charge on any atom is 0.460 e. The van der Waals surface area contributed by atoms with Crippen molar-refractivity contribution in [2.75, 3.05) is 6.61 Å². The summed E-state index contributed by atoms with van der Waals surface area (Å²) in [7, 11) is 0. The first-order valence-electron chi connectivity index (χ1n) is 5.41. The molecule has 0 unspecified atom stereocenters. The molecule has 1 aromatic heterocycles. The lowest BCUT2D eigenvalue weighted by Gasteiger charge is -2.27. The van der Waals surface area contributed by atoms with E-state index >= 15 is 0 Å². The van der Waals surface area contributed by atoms with Gasteiger partial charge in [0.1, 0.15) is 5.69 Å². The summed E-state index contributed by atoms with van der Waals surface area (Å²) in [5.74, 6) is -12.8. The van der Waals surface area contributed by atoms with Gasteiger partial charge in [0.15, 0.2) is 0 Å². The Morgan fingerprint density at radius 2 is 1.71 bits per heavy atom. The van der Waals surface area contributed by atoms with Crippen LogP contribution >= 0.6 is 0 Å². The predicted molar refractivity (Wildman–Crippen MR) is 55.1 cm³/mol. The summed E-state index contributed by atoms with van der Waals surface area (Å²) in [6.07, 6.45) is -6.01. The molecule has 0 N–H and O–H groups in total. The van der Waals surface area contributed by atoms with Gasteiger partial charge in [-0.25, -0.2) is 4.79 Å². The van der Waals surface area contributed by atoms with Crippen molar-refractivity contribution >= 4 is 5.97 Å². The van der Waals surface area contributed by atoms with E-state index in [0.29, 0.717) is 12.3 Å². The first-order chi connectivity index (χ1) is 9.45. The van der Waals surface area contributed by atoms with Crippen LogP contribution in [-0.2, 0) is 10.7 Å². The van der Waals surface area contributed by atoms with E-state index in [2.05, 4.69) is 9.72 Å². The Kier molecular flexibility index (Phi) is 4.49. The number of aromatic nitrogens is 1. The molecule has 0 radical (unpaired) electrons. The van der Waals surface area contributed by atoms with Crippen LogP contribution < -0.4 is 0 Å². The Balaban J connectivity index is 3.14. The minimum Gasteiger partial charge on any atom is -0.462 e. The molecule has 0 aliphatic carbocycles. The number of ether oxygens (including phenoxy) is 1. The molecule has 21 heavy (non-hydrogen) atoms. The summed E-state index contributed by atoms with van der Waals surface area (Å²) < 4.78 is 92.5. The molecule has 0 saturated carbocycles. The molecule has 0 saturated heterocycles. The number of carbonyl (C=O) groups excluding carboxylic acids is 1. The predicted octanol–water partition coefficient (Wildman–Crippen LogP) is 3.55. The molecule has 1 rings (SSSR count). The molecule has 0 aliphatic rings. The van der Waals surface area contributed by atoms with Crippen molar-refractivity contribution in [3.05, 3.63) is 29.6 Å². The van der Waals surface area contributed by atoms with Gasteiger partial charge in [0.2, 0.25) is 0 Å². The largest absolute Gasteiger partial charge is 0.462 e. The fraction of sp³-hybridized carbons (Fsp3) is 0.455. The second-order valence-corrected chi connectivity index (χ2v) is 3.80. The molecule has 0 aromatic carbocycles. The van der Waals surface area contributed by atoms with Crippen molar-refractivity contribution in [1.29, 1.82) is 0 Å². The standard InChI is InChI=1S/C11H8F7NO2/c1-2-21-8(20)6-3-4-7(19-5-6)9(12,13)10(14,15)11(16,17)18/h3-5H,2H2,1H3. The van der Waals surface area contributed by atoms with Crippen LogP contribution in [0.15, 0.2) is 18.3 Å². The highest BCUT2D eigenvalue weighted by atomic mass is 19.4. The van der Waals surface area contributed by atoms with Crippen LogP contribution in [0.1, 0.15) is 23.0 Å². The van der Waals surface area contributed by atoms with Gasteiger partial charge in [-0.3, -0.25) is 4.98 Å². The van der Waals surface area contributed by atoms with Crippen molar-refractivity contribution in [3.63, 3.8) is 0 Å². The zero-order valence-electron chi connectivity index (χ0n) is 10.3. The molecule has 0 spiro atoms. The Morgan fingerprint density at radius 1 is 1.14 bits per heavy atom. The maximum atomic E-state index is 13.3.